The van der Waals surface area contributed by atoms with E-state index in [4.69, 9.17) is 0 Å². The standard InChI is InChI=1S/C5H7N/c1-2-5-4(1)3-6-5/h4H,1-3H2. The summed E-state index contributed by atoms with van der Waals surface area (Å²) in [5, 5.41) is 0. The molecule has 32 valence electrons. The van der Waals surface area contributed by atoms with Crippen molar-refractivity contribution in [2.24, 2.45) is 10.9 Å². The maximum atomic E-state index is 4.15. The van der Waals surface area contributed by atoms with Gasteiger partial charge in [0.15, 0.2) is 0 Å². The summed E-state index contributed by atoms with van der Waals surface area (Å²) in [6, 6.07) is 0. The highest BCUT2D eigenvalue weighted by molar-refractivity contribution is 5.95. The van der Waals surface area contributed by atoms with Crippen molar-refractivity contribution < 1.29 is 0 Å². The van der Waals surface area contributed by atoms with Crippen LogP contribution >= 0.6 is 0 Å². The third-order valence-corrected chi connectivity index (χ3v) is 1.73. The largest absolute Gasteiger partial charge is 0.293 e. The zero-order chi connectivity index (χ0) is 3.98. The molecule has 0 spiro atoms. The van der Waals surface area contributed by atoms with E-state index < -0.39 is 0 Å². The van der Waals surface area contributed by atoms with Gasteiger partial charge in [0.25, 0.3) is 0 Å². The fourth-order valence-corrected chi connectivity index (χ4v) is 0.997. The van der Waals surface area contributed by atoms with Crippen LogP contribution in [0.2, 0.25) is 0 Å². The summed E-state index contributed by atoms with van der Waals surface area (Å²) in [6.45, 7) is 1.15. The molecule has 1 heteroatoms. The Morgan fingerprint density at radius 3 is 2.50 bits per heavy atom. The van der Waals surface area contributed by atoms with Crippen LogP contribution in [0.4, 0.5) is 0 Å². The lowest BCUT2D eigenvalue weighted by molar-refractivity contribution is 0.505. The number of hydrogen-bond donors (Lipinski definition) is 0. The summed E-state index contributed by atoms with van der Waals surface area (Å²) >= 11 is 0. The summed E-state index contributed by atoms with van der Waals surface area (Å²) in [5.74, 6) is 0.963. The summed E-state index contributed by atoms with van der Waals surface area (Å²) in [6.07, 6.45) is 2.74. The van der Waals surface area contributed by atoms with E-state index in [1.54, 1.807) is 0 Å². The maximum Gasteiger partial charge on any atom is 0.0469 e. The Balaban J connectivity index is 2.30. The highest BCUT2D eigenvalue weighted by atomic mass is 14.9. The lowest BCUT2D eigenvalue weighted by Crippen LogP contribution is -2.36. The van der Waals surface area contributed by atoms with E-state index in [0.717, 1.165) is 12.5 Å². The lowest BCUT2D eigenvalue weighted by Gasteiger charge is -2.34. The first-order chi connectivity index (χ1) is 2.97. The Morgan fingerprint density at radius 2 is 2.50 bits per heavy atom. The second-order valence-electron chi connectivity index (χ2n) is 2.07. The van der Waals surface area contributed by atoms with Crippen molar-refractivity contribution in [2.75, 3.05) is 6.54 Å². The summed E-state index contributed by atoms with van der Waals surface area (Å²) in [5.41, 5.74) is 1.50. The van der Waals surface area contributed by atoms with Gasteiger partial charge in [-0.2, -0.15) is 0 Å². The molecule has 1 saturated carbocycles. The third-order valence-electron chi connectivity index (χ3n) is 1.73. The van der Waals surface area contributed by atoms with Crippen LogP contribution < -0.4 is 0 Å². The topological polar surface area (TPSA) is 12.4 Å². The van der Waals surface area contributed by atoms with E-state index in [1.165, 1.54) is 18.6 Å². The molecule has 1 nitrogen and oxygen atoms in total. The average molecular weight is 81.1 g/mol. The second kappa shape index (κ2) is 0.673. The highest BCUT2D eigenvalue weighted by Gasteiger charge is 2.31. The summed E-state index contributed by atoms with van der Waals surface area (Å²) < 4.78 is 0. The average Bonchev–Trinajstić information content (AvgIpc) is 1.54. The monoisotopic (exact) mass is 81.1 g/mol. The predicted molar refractivity (Wildman–Crippen MR) is 25.0 cm³/mol. The molecule has 1 fully saturated rings. The van der Waals surface area contributed by atoms with E-state index in [2.05, 4.69) is 4.99 Å². The van der Waals surface area contributed by atoms with Gasteiger partial charge in [-0.1, -0.05) is 0 Å². The number of aliphatic imine (C=N–C) groups is 1. The minimum Gasteiger partial charge on any atom is -0.293 e. The van der Waals surface area contributed by atoms with Crippen LogP contribution in [0, 0.1) is 5.92 Å². The Bertz CT molecular complexity index is 105. The predicted octanol–water partition coefficient (Wildman–Crippen LogP) is 0.851. The Morgan fingerprint density at radius 1 is 1.67 bits per heavy atom. The fourth-order valence-electron chi connectivity index (χ4n) is 0.997. The van der Waals surface area contributed by atoms with Gasteiger partial charge < -0.3 is 0 Å². The molecule has 0 saturated heterocycles. The van der Waals surface area contributed by atoms with Gasteiger partial charge in [0.05, 0.1) is 0 Å². The third kappa shape index (κ3) is 0.140. The molecule has 0 radical (unpaired) electrons. The molecule has 1 aliphatic carbocycles. The van der Waals surface area contributed by atoms with Crippen LogP contribution in [0.5, 0.6) is 0 Å². The number of fused-ring (bicyclic) bond motifs is 1. The van der Waals surface area contributed by atoms with Gasteiger partial charge in [0, 0.05) is 18.2 Å². The van der Waals surface area contributed by atoms with E-state index in [0.29, 0.717) is 0 Å². The van der Waals surface area contributed by atoms with Crippen molar-refractivity contribution in [3.05, 3.63) is 0 Å². The van der Waals surface area contributed by atoms with Crippen molar-refractivity contribution in [2.45, 2.75) is 12.8 Å². The number of rotatable bonds is 0. The molecule has 0 aromatic heterocycles. The van der Waals surface area contributed by atoms with Crippen LogP contribution in [0.3, 0.4) is 0 Å². The quantitative estimate of drug-likeness (QED) is 0.410. The zero-order valence-corrected chi connectivity index (χ0v) is 3.65. The highest BCUT2D eigenvalue weighted by Crippen LogP contribution is 2.30. The van der Waals surface area contributed by atoms with Gasteiger partial charge in [-0.15, -0.1) is 0 Å². The molecule has 6 heavy (non-hydrogen) atoms. The van der Waals surface area contributed by atoms with Crippen LogP contribution in [0.25, 0.3) is 0 Å². The molecule has 2 aliphatic rings. The van der Waals surface area contributed by atoms with Gasteiger partial charge >= 0.3 is 0 Å². The van der Waals surface area contributed by atoms with E-state index in [9.17, 15) is 0 Å². The minimum atomic E-state index is 0.963. The summed E-state index contributed by atoms with van der Waals surface area (Å²) in [7, 11) is 0. The van der Waals surface area contributed by atoms with Crippen LogP contribution in [0.1, 0.15) is 12.8 Å². The molecule has 2 rings (SSSR count). The molecule has 0 aromatic rings. The zero-order valence-electron chi connectivity index (χ0n) is 3.65. The summed E-state index contributed by atoms with van der Waals surface area (Å²) in [4.78, 5) is 4.15. The second-order valence-corrected chi connectivity index (χ2v) is 2.07. The van der Waals surface area contributed by atoms with Crippen LogP contribution in [0.15, 0.2) is 4.99 Å². The minimum absolute atomic E-state index is 0.963. The molecule has 0 bridgehead atoms. The normalized spacial score (nSPS) is 38.7. The van der Waals surface area contributed by atoms with Gasteiger partial charge in [-0.05, 0) is 12.8 Å². The van der Waals surface area contributed by atoms with E-state index >= 15 is 0 Å². The van der Waals surface area contributed by atoms with Crippen LogP contribution in [-0.4, -0.2) is 12.3 Å². The lowest BCUT2D eigenvalue weighted by atomic mass is 9.78. The number of hydrogen-bond acceptors (Lipinski definition) is 1. The van der Waals surface area contributed by atoms with Gasteiger partial charge in [-0.25, -0.2) is 0 Å². The molecular weight excluding hydrogens is 74.1 g/mol. The van der Waals surface area contributed by atoms with Gasteiger partial charge in [0.1, 0.15) is 0 Å². The maximum absolute atomic E-state index is 4.15. The Hall–Kier alpha value is -0.330. The van der Waals surface area contributed by atoms with Crippen molar-refractivity contribution >= 4 is 5.71 Å². The molecule has 1 heterocycles. The van der Waals surface area contributed by atoms with Crippen molar-refractivity contribution in [1.29, 1.82) is 0 Å². The molecule has 0 amide bonds. The smallest absolute Gasteiger partial charge is 0.0469 e. The molecule has 1 atom stereocenters. The first-order valence-electron chi connectivity index (χ1n) is 2.50. The fraction of sp³-hybridized carbons (Fsp3) is 0.800. The first-order valence-corrected chi connectivity index (χ1v) is 2.50. The van der Waals surface area contributed by atoms with E-state index in [1.807, 2.05) is 0 Å². The van der Waals surface area contributed by atoms with Crippen molar-refractivity contribution in [1.82, 2.24) is 0 Å². The molecule has 1 unspecified atom stereocenters. The van der Waals surface area contributed by atoms with Gasteiger partial charge in [-0.3, -0.25) is 4.99 Å². The SMILES string of the molecule is C1CC2CN=C12. The van der Waals surface area contributed by atoms with Gasteiger partial charge in [0.2, 0.25) is 0 Å². The molecular formula is C5H7N. The molecule has 0 aromatic carbocycles. The molecule has 1 aliphatic heterocycles. The van der Waals surface area contributed by atoms with Crippen LogP contribution in [-0.2, 0) is 0 Å². The Kier molecular flexibility index (Phi) is 0.312. The van der Waals surface area contributed by atoms with Crippen molar-refractivity contribution in [3.63, 3.8) is 0 Å². The first kappa shape index (κ1) is 2.78. The Labute approximate surface area is 37.1 Å². The van der Waals surface area contributed by atoms with E-state index in [-0.39, 0.29) is 0 Å². The van der Waals surface area contributed by atoms with Crippen molar-refractivity contribution in [3.8, 4) is 0 Å². The number of nitrogens with zero attached hydrogens (tertiary/aromatic N) is 1. The molecule has 0 N–H and O–H groups in total.